The molecule has 0 aromatic carbocycles. The first-order valence-electron chi connectivity index (χ1n) is 5.87. The van der Waals surface area contributed by atoms with E-state index in [1.165, 1.54) is 6.54 Å². The summed E-state index contributed by atoms with van der Waals surface area (Å²) in [6.07, 6.45) is 2.91. The van der Waals surface area contributed by atoms with Gasteiger partial charge in [0.15, 0.2) is 0 Å². The Morgan fingerprint density at radius 1 is 1.27 bits per heavy atom. The first-order chi connectivity index (χ1) is 7.06. The Labute approximate surface area is 93.7 Å². The molecule has 0 bridgehead atoms. The van der Waals surface area contributed by atoms with Gasteiger partial charge in [-0.2, -0.15) is 5.26 Å². The van der Waals surface area contributed by atoms with Crippen molar-refractivity contribution in [2.75, 3.05) is 33.2 Å². The Morgan fingerprint density at radius 2 is 2.00 bits per heavy atom. The van der Waals surface area contributed by atoms with Gasteiger partial charge < -0.3 is 4.90 Å². The van der Waals surface area contributed by atoms with E-state index >= 15 is 0 Å². The second kappa shape index (κ2) is 5.48. The summed E-state index contributed by atoms with van der Waals surface area (Å²) >= 11 is 0. The lowest BCUT2D eigenvalue weighted by Gasteiger charge is -2.45. The minimum atomic E-state index is 0.299. The Bertz CT molecular complexity index is 230. The van der Waals surface area contributed by atoms with Crippen molar-refractivity contribution in [3.63, 3.8) is 0 Å². The van der Waals surface area contributed by atoms with Crippen LogP contribution in [0.4, 0.5) is 0 Å². The van der Waals surface area contributed by atoms with Crippen LogP contribution < -0.4 is 0 Å². The molecule has 1 rings (SSSR count). The minimum Gasteiger partial charge on any atom is -0.300 e. The van der Waals surface area contributed by atoms with E-state index in [1.807, 2.05) is 0 Å². The standard InChI is InChI=1S/C12H23N3/c1-12(2)11-15(10-9-14(12)3)8-6-4-5-7-13/h4-6,8-11H2,1-3H3. The smallest absolute Gasteiger partial charge is 0.0621 e. The number of rotatable bonds is 4. The van der Waals surface area contributed by atoms with Gasteiger partial charge in [-0.15, -0.1) is 0 Å². The average molecular weight is 209 g/mol. The zero-order valence-corrected chi connectivity index (χ0v) is 10.3. The van der Waals surface area contributed by atoms with Gasteiger partial charge in [0.25, 0.3) is 0 Å². The normalized spacial score (nSPS) is 22.5. The Balaban J connectivity index is 2.24. The third-order valence-corrected chi connectivity index (χ3v) is 3.41. The Hall–Kier alpha value is -0.590. The van der Waals surface area contributed by atoms with Crippen LogP contribution in [0.2, 0.25) is 0 Å². The van der Waals surface area contributed by atoms with Crippen LogP contribution in [0.3, 0.4) is 0 Å². The second-order valence-corrected chi connectivity index (χ2v) is 5.13. The van der Waals surface area contributed by atoms with Gasteiger partial charge in [0, 0.05) is 31.6 Å². The van der Waals surface area contributed by atoms with Crippen LogP contribution in [0.5, 0.6) is 0 Å². The van der Waals surface area contributed by atoms with Gasteiger partial charge in [0.2, 0.25) is 0 Å². The van der Waals surface area contributed by atoms with Crippen molar-refractivity contribution in [3.05, 3.63) is 0 Å². The average Bonchev–Trinajstić information content (AvgIpc) is 2.18. The molecule has 0 aliphatic carbocycles. The van der Waals surface area contributed by atoms with Gasteiger partial charge in [-0.05, 0) is 40.3 Å². The summed E-state index contributed by atoms with van der Waals surface area (Å²) in [6, 6.07) is 2.20. The van der Waals surface area contributed by atoms with Crippen molar-refractivity contribution < 1.29 is 0 Å². The van der Waals surface area contributed by atoms with Crippen LogP contribution in [-0.4, -0.2) is 48.6 Å². The van der Waals surface area contributed by atoms with Gasteiger partial charge >= 0.3 is 0 Å². The van der Waals surface area contributed by atoms with Crippen molar-refractivity contribution in [2.45, 2.75) is 38.6 Å². The number of hydrogen-bond acceptors (Lipinski definition) is 3. The van der Waals surface area contributed by atoms with Crippen LogP contribution in [0, 0.1) is 11.3 Å². The van der Waals surface area contributed by atoms with E-state index in [1.54, 1.807) is 0 Å². The molecule has 0 spiro atoms. The van der Waals surface area contributed by atoms with Crippen molar-refractivity contribution >= 4 is 0 Å². The van der Waals surface area contributed by atoms with Gasteiger partial charge in [-0.3, -0.25) is 4.90 Å². The minimum absolute atomic E-state index is 0.299. The fraction of sp³-hybridized carbons (Fsp3) is 0.917. The molecule has 0 atom stereocenters. The molecule has 0 saturated carbocycles. The molecule has 15 heavy (non-hydrogen) atoms. The zero-order valence-electron chi connectivity index (χ0n) is 10.3. The number of piperazine rings is 1. The maximum atomic E-state index is 8.45. The van der Waals surface area contributed by atoms with E-state index in [-0.39, 0.29) is 0 Å². The predicted molar refractivity (Wildman–Crippen MR) is 62.6 cm³/mol. The quantitative estimate of drug-likeness (QED) is 0.660. The van der Waals surface area contributed by atoms with Gasteiger partial charge in [-0.1, -0.05) is 0 Å². The first kappa shape index (κ1) is 12.5. The van der Waals surface area contributed by atoms with Crippen molar-refractivity contribution in [1.29, 1.82) is 5.26 Å². The topological polar surface area (TPSA) is 30.3 Å². The summed E-state index contributed by atoms with van der Waals surface area (Å²) in [5, 5.41) is 8.45. The van der Waals surface area contributed by atoms with Crippen LogP contribution in [0.15, 0.2) is 0 Å². The molecule has 1 aliphatic rings. The largest absolute Gasteiger partial charge is 0.300 e. The Kier molecular flexibility index (Phi) is 4.56. The maximum Gasteiger partial charge on any atom is 0.0621 e. The van der Waals surface area contributed by atoms with Crippen molar-refractivity contribution in [3.8, 4) is 6.07 Å². The predicted octanol–water partition coefficient (Wildman–Crippen LogP) is 1.71. The second-order valence-electron chi connectivity index (χ2n) is 5.13. The molecular formula is C12H23N3. The van der Waals surface area contributed by atoms with E-state index < -0.39 is 0 Å². The SMILES string of the molecule is CN1CCN(CCCCC#N)CC1(C)C. The fourth-order valence-electron chi connectivity index (χ4n) is 2.07. The number of likely N-dealkylation sites (N-methyl/N-ethyl adjacent to an activating group) is 1. The molecule has 0 unspecified atom stereocenters. The molecule has 1 fully saturated rings. The molecule has 86 valence electrons. The van der Waals surface area contributed by atoms with Gasteiger partial charge in [-0.25, -0.2) is 0 Å². The highest BCUT2D eigenvalue weighted by Gasteiger charge is 2.30. The summed E-state index contributed by atoms with van der Waals surface area (Å²) in [5.74, 6) is 0. The molecule has 1 saturated heterocycles. The lowest BCUT2D eigenvalue weighted by Crippen LogP contribution is -2.57. The van der Waals surface area contributed by atoms with Crippen LogP contribution in [0.25, 0.3) is 0 Å². The van der Waals surface area contributed by atoms with E-state index in [9.17, 15) is 0 Å². The molecule has 0 radical (unpaired) electrons. The molecule has 0 aromatic rings. The molecule has 0 aromatic heterocycles. The number of unbranched alkanes of at least 4 members (excludes halogenated alkanes) is 2. The molecule has 1 aliphatic heterocycles. The van der Waals surface area contributed by atoms with Crippen molar-refractivity contribution in [1.82, 2.24) is 9.80 Å². The van der Waals surface area contributed by atoms with Gasteiger partial charge in [0.05, 0.1) is 6.07 Å². The maximum absolute atomic E-state index is 8.45. The van der Waals surface area contributed by atoms with Gasteiger partial charge in [0.1, 0.15) is 0 Å². The van der Waals surface area contributed by atoms with Crippen LogP contribution in [-0.2, 0) is 0 Å². The highest BCUT2D eigenvalue weighted by molar-refractivity contribution is 4.88. The number of nitrogens with zero attached hydrogens (tertiary/aromatic N) is 3. The fourth-order valence-corrected chi connectivity index (χ4v) is 2.07. The zero-order chi connectivity index (χ0) is 11.3. The molecule has 0 N–H and O–H groups in total. The monoisotopic (exact) mass is 209 g/mol. The summed E-state index contributed by atoms with van der Waals surface area (Å²) in [6.45, 7) is 9.23. The molecule has 3 heteroatoms. The van der Waals surface area contributed by atoms with E-state index in [2.05, 4.69) is 36.8 Å². The van der Waals surface area contributed by atoms with E-state index in [0.29, 0.717) is 12.0 Å². The number of hydrogen-bond donors (Lipinski definition) is 0. The highest BCUT2D eigenvalue weighted by atomic mass is 15.3. The third kappa shape index (κ3) is 3.81. The summed E-state index contributed by atoms with van der Waals surface area (Å²) < 4.78 is 0. The van der Waals surface area contributed by atoms with E-state index in [0.717, 1.165) is 32.5 Å². The lowest BCUT2D eigenvalue weighted by atomic mass is 9.99. The molecular weight excluding hydrogens is 186 g/mol. The first-order valence-corrected chi connectivity index (χ1v) is 5.87. The Morgan fingerprint density at radius 3 is 2.60 bits per heavy atom. The molecule has 0 amide bonds. The molecule has 1 heterocycles. The van der Waals surface area contributed by atoms with E-state index in [4.69, 9.17) is 5.26 Å². The van der Waals surface area contributed by atoms with Crippen LogP contribution >= 0.6 is 0 Å². The lowest BCUT2D eigenvalue weighted by molar-refractivity contribution is 0.0394. The third-order valence-electron chi connectivity index (χ3n) is 3.41. The number of nitriles is 1. The summed E-state index contributed by atoms with van der Waals surface area (Å²) in [5.41, 5.74) is 0.299. The van der Waals surface area contributed by atoms with Crippen LogP contribution in [0.1, 0.15) is 33.1 Å². The summed E-state index contributed by atoms with van der Waals surface area (Å²) in [4.78, 5) is 4.95. The molecule has 3 nitrogen and oxygen atoms in total. The van der Waals surface area contributed by atoms with Crippen molar-refractivity contribution in [2.24, 2.45) is 0 Å². The summed E-state index contributed by atoms with van der Waals surface area (Å²) in [7, 11) is 2.20. The highest BCUT2D eigenvalue weighted by Crippen LogP contribution is 2.18.